The SMILES string of the molecule is O=CCC=Cc1ccc2ncccc2c1. The molecule has 1 aromatic carbocycles. The summed E-state index contributed by atoms with van der Waals surface area (Å²) < 4.78 is 0. The number of hydrogen-bond acceptors (Lipinski definition) is 2. The second kappa shape index (κ2) is 4.51. The van der Waals surface area contributed by atoms with Gasteiger partial charge < -0.3 is 4.79 Å². The molecule has 0 amide bonds. The molecule has 1 heterocycles. The van der Waals surface area contributed by atoms with Crippen molar-refractivity contribution in [3.05, 3.63) is 48.2 Å². The number of fused-ring (bicyclic) bond motifs is 1. The van der Waals surface area contributed by atoms with Gasteiger partial charge in [0.15, 0.2) is 0 Å². The number of aromatic nitrogens is 1. The van der Waals surface area contributed by atoms with E-state index in [0.29, 0.717) is 6.42 Å². The van der Waals surface area contributed by atoms with E-state index in [-0.39, 0.29) is 0 Å². The monoisotopic (exact) mass is 197 g/mol. The first kappa shape index (κ1) is 9.59. The Hall–Kier alpha value is -1.96. The maximum absolute atomic E-state index is 10.1. The summed E-state index contributed by atoms with van der Waals surface area (Å²) in [4.78, 5) is 14.4. The molecular weight excluding hydrogens is 186 g/mol. The lowest BCUT2D eigenvalue weighted by Gasteiger charge is -1.97. The Kier molecular flexibility index (Phi) is 2.88. The van der Waals surface area contributed by atoms with Crippen LogP contribution in [0.1, 0.15) is 12.0 Å². The fraction of sp³-hybridized carbons (Fsp3) is 0.0769. The minimum absolute atomic E-state index is 0.463. The third-order valence-corrected chi connectivity index (χ3v) is 2.17. The van der Waals surface area contributed by atoms with E-state index in [1.165, 1.54) is 0 Å². The molecule has 15 heavy (non-hydrogen) atoms. The normalized spacial score (nSPS) is 10.9. The van der Waals surface area contributed by atoms with Crippen LogP contribution in [0.3, 0.4) is 0 Å². The largest absolute Gasteiger partial charge is 0.303 e. The fourth-order valence-corrected chi connectivity index (χ4v) is 1.46. The summed E-state index contributed by atoms with van der Waals surface area (Å²) in [6, 6.07) is 9.98. The van der Waals surface area contributed by atoms with Crippen LogP contribution in [-0.2, 0) is 4.79 Å². The van der Waals surface area contributed by atoms with Gasteiger partial charge in [-0.1, -0.05) is 24.3 Å². The minimum Gasteiger partial charge on any atom is -0.303 e. The molecule has 2 nitrogen and oxygen atoms in total. The number of rotatable bonds is 3. The zero-order valence-electron chi connectivity index (χ0n) is 8.26. The van der Waals surface area contributed by atoms with Crippen LogP contribution in [-0.4, -0.2) is 11.3 Å². The van der Waals surface area contributed by atoms with E-state index in [1.54, 1.807) is 6.20 Å². The quantitative estimate of drug-likeness (QED) is 0.708. The first-order valence-electron chi connectivity index (χ1n) is 4.85. The molecule has 0 atom stereocenters. The van der Waals surface area contributed by atoms with Crippen molar-refractivity contribution in [3.63, 3.8) is 0 Å². The number of benzene rings is 1. The molecule has 74 valence electrons. The highest BCUT2D eigenvalue weighted by molar-refractivity contribution is 5.81. The first-order valence-corrected chi connectivity index (χ1v) is 4.85. The number of aldehydes is 1. The highest BCUT2D eigenvalue weighted by Crippen LogP contribution is 2.14. The second-order valence-corrected chi connectivity index (χ2v) is 3.26. The van der Waals surface area contributed by atoms with Gasteiger partial charge in [0.1, 0.15) is 6.29 Å². The summed E-state index contributed by atoms with van der Waals surface area (Å²) in [5, 5.41) is 1.12. The molecule has 0 aliphatic heterocycles. The average molecular weight is 197 g/mol. The smallest absolute Gasteiger partial charge is 0.123 e. The van der Waals surface area contributed by atoms with Crippen molar-refractivity contribution in [2.45, 2.75) is 6.42 Å². The maximum atomic E-state index is 10.1. The molecule has 2 rings (SSSR count). The van der Waals surface area contributed by atoms with Crippen LogP contribution in [0.25, 0.3) is 17.0 Å². The first-order chi connectivity index (χ1) is 7.40. The number of allylic oxidation sites excluding steroid dienone is 1. The van der Waals surface area contributed by atoms with E-state index in [0.717, 1.165) is 22.8 Å². The summed E-state index contributed by atoms with van der Waals surface area (Å²) in [5.74, 6) is 0. The summed E-state index contributed by atoms with van der Waals surface area (Å²) in [6.07, 6.45) is 6.93. The molecule has 0 saturated heterocycles. The highest BCUT2D eigenvalue weighted by Gasteiger charge is 1.93. The molecule has 2 aromatic rings. The number of hydrogen-bond donors (Lipinski definition) is 0. The van der Waals surface area contributed by atoms with Crippen molar-refractivity contribution in [1.29, 1.82) is 0 Å². The molecule has 0 aliphatic rings. The molecule has 1 aromatic heterocycles. The van der Waals surface area contributed by atoms with Crippen molar-refractivity contribution in [3.8, 4) is 0 Å². The van der Waals surface area contributed by atoms with E-state index < -0.39 is 0 Å². The molecule has 0 fully saturated rings. The van der Waals surface area contributed by atoms with Gasteiger partial charge in [0.2, 0.25) is 0 Å². The minimum atomic E-state index is 0.463. The standard InChI is InChI=1S/C13H11NO/c15-9-2-1-4-11-6-7-13-12(10-11)5-3-8-14-13/h1,3-10H,2H2. The van der Waals surface area contributed by atoms with Gasteiger partial charge in [-0.05, 0) is 23.8 Å². The van der Waals surface area contributed by atoms with Crippen LogP contribution in [0, 0.1) is 0 Å². The molecule has 2 heteroatoms. The average Bonchev–Trinajstić information content (AvgIpc) is 2.29. The van der Waals surface area contributed by atoms with Gasteiger partial charge in [-0.15, -0.1) is 0 Å². The topological polar surface area (TPSA) is 30.0 Å². The van der Waals surface area contributed by atoms with Gasteiger partial charge in [0, 0.05) is 18.0 Å². The van der Waals surface area contributed by atoms with Crippen LogP contribution in [0.15, 0.2) is 42.6 Å². The highest BCUT2D eigenvalue weighted by atomic mass is 16.1. The molecule has 0 bridgehead atoms. The number of carbonyl (C=O) groups excluding carboxylic acids is 1. The summed E-state index contributed by atoms with van der Waals surface area (Å²) in [5.41, 5.74) is 2.09. The van der Waals surface area contributed by atoms with Gasteiger partial charge in [-0.3, -0.25) is 4.98 Å². The molecule has 0 saturated carbocycles. The van der Waals surface area contributed by atoms with E-state index in [9.17, 15) is 4.79 Å². The Labute approximate surface area is 88.3 Å². The summed E-state index contributed by atoms with van der Waals surface area (Å²) in [7, 11) is 0. The molecular formula is C13H11NO. The Morgan fingerprint density at radius 2 is 2.20 bits per heavy atom. The lowest BCUT2D eigenvalue weighted by Crippen LogP contribution is -1.78. The van der Waals surface area contributed by atoms with Gasteiger partial charge in [-0.25, -0.2) is 0 Å². The number of pyridine rings is 1. The van der Waals surface area contributed by atoms with Crippen LogP contribution < -0.4 is 0 Å². The van der Waals surface area contributed by atoms with Crippen molar-refractivity contribution in [2.75, 3.05) is 0 Å². The molecule has 0 unspecified atom stereocenters. The van der Waals surface area contributed by atoms with Gasteiger partial charge in [-0.2, -0.15) is 0 Å². The maximum Gasteiger partial charge on any atom is 0.123 e. The van der Waals surface area contributed by atoms with Crippen LogP contribution >= 0.6 is 0 Å². The summed E-state index contributed by atoms with van der Waals surface area (Å²) >= 11 is 0. The van der Waals surface area contributed by atoms with Crippen molar-refractivity contribution < 1.29 is 4.79 Å². The van der Waals surface area contributed by atoms with E-state index in [1.807, 2.05) is 36.4 Å². The third-order valence-electron chi connectivity index (χ3n) is 2.17. The molecule has 0 N–H and O–H groups in total. The number of nitrogens with zero attached hydrogens (tertiary/aromatic N) is 1. The Morgan fingerprint density at radius 3 is 3.07 bits per heavy atom. The zero-order valence-corrected chi connectivity index (χ0v) is 8.26. The Morgan fingerprint density at radius 1 is 1.27 bits per heavy atom. The van der Waals surface area contributed by atoms with Crippen LogP contribution in [0.2, 0.25) is 0 Å². The van der Waals surface area contributed by atoms with Crippen LogP contribution in [0.5, 0.6) is 0 Å². The Balaban J connectivity index is 2.34. The zero-order chi connectivity index (χ0) is 10.5. The van der Waals surface area contributed by atoms with E-state index in [4.69, 9.17) is 0 Å². The van der Waals surface area contributed by atoms with Crippen molar-refractivity contribution in [1.82, 2.24) is 4.98 Å². The van der Waals surface area contributed by atoms with Gasteiger partial charge in [0.05, 0.1) is 5.52 Å². The van der Waals surface area contributed by atoms with Crippen molar-refractivity contribution >= 4 is 23.3 Å². The van der Waals surface area contributed by atoms with E-state index in [2.05, 4.69) is 11.1 Å². The number of carbonyl (C=O) groups is 1. The second-order valence-electron chi connectivity index (χ2n) is 3.26. The van der Waals surface area contributed by atoms with Gasteiger partial charge in [0.25, 0.3) is 0 Å². The predicted octanol–water partition coefficient (Wildman–Crippen LogP) is 2.84. The van der Waals surface area contributed by atoms with Crippen molar-refractivity contribution in [2.24, 2.45) is 0 Å². The van der Waals surface area contributed by atoms with Gasteiger partial charge >= 0.3 is 0 Å². The Bertz CT molecular complexity index is 503. The third kappa shape index (κ3) is 2.29. The molecule has 0 spiro atoms. The molecule has 0 radical (unpaired) electrons. The van der Waals surface area contributed by atoms with Crippen LogP contribution in [0.4, 0.5) is 0 Å². The fourth-order valence-electron chi connectivity index (χ4n) is 1.46. The predicted molar refractivity (Wildman–Crippen MR) is 61.5 cm³/mol. The summed E-state index contributed by atoms with van der Waals surface area (Å²) in [6.45, 7) is 0. The lowest BCUT2D eigenvalue weighted by atomic mass is 10.1. The van der Waals surface area contributed by atoms with E-state index >= 15 is 0 Å². The molecule has 0 aliphatic carbocycles. The lowest BCUT2D eigenvalue weighted by molar-refractivity contribution is -0.107.